The number of para-hydroxylation sites is 1. The molecule has 1 aliphatic rings. The van der Waals surface area contributed by atoms with Crippen LogP contribution >= 0.6 is 0 Å². The van der Waals surface area contributed by atoms with Crippen LogP contribution in [0.4, 0.5) is 5.69 Å². The van der Waals surface area contributed by atoms with Crippen molar-refractivity contribution in [3.63, 3.8) is 0 Å². The van der Waals surface area contributed by atoms with E-state index in [0.29, 0.717) is 19.6 Å². The molecule has 0 saturated carbocycles. The molecule has 1 heterocycles. The first-order chi connectivity index (χ1) is 8.73. The van der Waals surface area contributed by atoms with Gasteiger partial charge in [0.15, 0.2) is 0 Å². The minimum absolute atomic E-state index is 0.266. The summed E-state index contributed by atoms with van der Waals surface area (Å²) in [4.78, 5) is 16.5. The van der Waals surface area contributed by atoms with Gasteiger partial charge in [-0.05, 0) is 18.6 Å². The number of methoxy groups -OCH3 is 1. The highest BCUT2D eigenvalue weighted by molar-refractivity contribution is 6.09. The second kappa shape index (κ2) is 5.31. The smallest absolute Gasteiger partial charge is 0.320 e. The molecule has 0 aliphatic carbocycles. The Hall–Kier alpha value is -1.68. The first-order valence-corrected chi connectivity index (χ1v) is 6.02. The largest absolute Gasteiger partial charge is 0.468 e. The van der Waals surface area contributed by atoms with Crippen molar-refractivity contribution in [1.82, 2.24) is 0 Å². The number of aliphatic imine (C=N–C) groups is 1. The number of ether oxygens (including phenoxy) is 2. The number of nitrogens with zero attached hydrogens (tertiary/aromatic N) is 1. The van der Waals surface area contributed by atoms with E-state index in [1.54, 1.807) is 0 Å². The Morgan fingerprint density at radius 1 is 1.44 bits per heavy atom. The van der Waals surface area contributed by atoms with Gasteiger partial charge in [-0.15, -0.1) is 0 Å². The van der Waals surface area contributed by atoms with Gasteiger partial charge < -0.3 is 9.47 Å². The zero-order chi connectivity index (χ0) is 13.0. The lowest BCUT2D eigenvalue weighted by Gasteiger charge is -2.23. The first kappa shape index (κ1) is 12.8. The molecule has 96 valence electrons. The number of hydrogen-bond donors (Lipinski definition) is 0. The van der Waals surface area contributed by atoms with Crippen LogP contribution in [0, 0.1) is 5.41 Å². The predicted molar refractivity (Wildman–Crippen MR) is 69.1 cm³/mol. The maximum Gasteiger partial charge on any atom is 0.320 e. The molecule has 0 aromatic heterocycles. The fraction of sp³-hybridized carbons (Fsp3) is 0.429. The van der Waals surface area contributed by atoms with Crippen LogP contribution in [-0.2, 0) is 14.3 Å². The minimum atomic E-state index is -0.718. The van der Waals surface area contributed by atoms with Crippen LogP contribution in [0.2, 0.25) is 0 Å². The molecule has 0 amide bonds. The van der Waals surface area contributed by atoms with Gasteiger partial charge in [-0.25, -0.2) is 0 Å². The van der Waals surface area contributed by atoms with Gasteiger partial charge in [0.1, 0.15) is 5.41 Å². The summed E-state index contributed by atoms with van der Waals surface area (Å²) in [5.41, 5.74) is 0.868. The van der Waals surface area contributed by atoms with E-state index in [9.17, 15) is 4.79 Å². The lowest BCUT2D eigenvalue weighted by Crippen LogP contribution is -2.39. The zero-order valence-corrected chi connectivity index (χ0v) is 10.7. The first-order valence-electron chi connectivity index (χ1n) is 6.02. The molecule has 4 nitrogen and oxygen atoms in total. The number of esters is 1. The van der Waals surface area contributed by atoms with Crippen LogP contribution in [-0.4, -0.2) is 32.0 Å². The highest BCUT2D eigenvalue weighted by Gasteiger charge is 2.47. The van der Waals surface area contributed by atoms with Crippen LogP contribution in [0.3, 0.4) is 0 Å². The second-order valence-electron chi connectivity index (χ2n) is 4.31. The lowest BCUT2D eigenvalue weighted by atomic mass is 9.82. The molecule has 0 N–H and O–H groups in total. The standard InChI is InChI=1S/C14H17NO3/c1-3-14(13(16)17-2)10-18-9-12(14)15-11-7-5-4-6-8-11/h4-8H,3,9-10H2,1-2H3. The molecule has 0 bridgehead atoms. The molecule has 0 radical (unpaired) electrons. The molecule has 1 fully saturated rings. The molecule has 1 unspecified atom stereocenters. The third-order valence-electron chi connectivity index (χ3n) is 3.34. The third-order valence-corrected chi connectivity index (χ3v) is 3.34. The average molecular weight is 247 g/mol. The van der Waals surface area contributed by atoms with Crippen molar-refractivity contribution in [2.45, 2.75) is 13.3 Å². The lowest BCUT2D eigenvalue weighted by molar-refractivity contribution is -0.149. The Morgan fingerprint density at radius 3 is 2.78 bits per heavy atom. The molecule has 1 saturated heterocycles. The maximum absolute atomic E-state index is 12.0. The SMILES string of the molecule is CCC1(C(=O)OC)COCC1=Nc1ccccc1. The van der Waals surface area contributed by atoms with Crippen molar-refractivity contribution in [3.05, 3.63) is 30.3 Å². The second-order valence-corrected chi connectivity index (χ2v) is 4.31. The molecule has 1 aromatic carbocycles. The molecule has 1 atom stereocenters. The monoisotopic (exact) mass is 247 g/mol. The van der Waals surface area contributed by atoms with E-state index in [1.807, 2.05) is 37.3 Å². The average Bonchev–Trinajstić information content (AvgIpc) is 2.83. The number of carbonyl (C=O) groups is 1. The zero-order valence-electron chi connectivity index (χ0n) is 10.7. The van der Waals surface area contributed by atoms with E-state index in [0.717, 1.165) is 11.4 Å². The summed E-state index contributed by atoms with van der Waals surface area (Å²) in [6.07, 6.45) is 0.630. The van der Waals surface area contributed by atoms with Gasteiger partial charge in [0.05, 0.1) is 31.7 Å². The van der Waals surface area contributed by atoms with Gasteiger partial charge in [-0.2, -0.15) is 0 Å². The number of carbonyl (C=O) groups excluding carboxylic acids is 1. The molecule has 1 aliphatic heterocycles. The van der Waals surface area contributed by atoms with Crippen molar-refractivity contribution >= 4 is 17.4 Å². The quantitative estimate of drug-likeness (QED) is 0.770. The molecule has 4 heteroatoms. The highest BCUT2D eigenvalue weighted by atomic mass is 16.5. The van der Waals surface area contributed by atoms with Crippen LogP contribution in [0.1, 0.15) is 13.3 Å². The highest BCUT2D eigenvalue weighted by Crippen LogP contribution is 2.33. The van der Waals surface area contributed by atoms with Crippen LogP contribution in [0.15, 0.2) is 35.3 Å². The topological polar surface area (TPSA) is 47.9 Å². The van der Waals surface area contributed by atoms with Crippen molar-refractivity contribution in [1.29, 1.82) is 0 Å². The van der Waals surface area contributed by atoms with E-state index in [4.69, 9.17) is 9.47 Å². The number of rotatable bonds is 3. The van der Waals surface area contributed by atoms with E-state index in [1.165, 1.54) is 7.11 Å². The van der Waals surface area contributed by atoms with Gasteiger partial charge in [0, 0.05) is 0 Å². The maximum atomic E-state index is 12.0. The van der Waals surface area contributed by atoms with Gasteiger partial charge in [0.2, 0.25) is 0 Å². The molecular weight excluding hydrogens is 230 g/mol. The van der Waals surface area contributed by atoms with Gasteiger partial charge >= 0.3 is 5.97 Å². The minimum Gasteiger partial charge on any atom is -0.468 e. The van der Waals surface area contributed by atoms with Crippen molar-refractivity contribution in [2.75, 3.05) is 20.3 Å². The molecule has 0 spiro atoms. The van der Waals surface area contributed by atoms with E-state index < -0.39 is 5.41 Å². The fourth-order valence-electron chi connectivity index (χ4n) is 2.16. The molecular formula is C14H17NO3. The van der Waals surface area contributed by atoms with E-state index >= 15 is 0 Å². The summed E-state index contributed by atoms with van der Waals surface area (Å²) in [6.45, 7) is 2.69. The Labute approximate surface area is 107 Å². The molecule has 2 rings (SSSR count). The van der Waals surface area contributed by atoms with Crippen LogP contribution in [0.25, 0.3) is 0 Å². The molecule has 1 aromatic rings. The number of benzene rings is 1. The van der Waals surface area contributed by atoms with Crippen molar-refractivity contribution in [3.8, 4) is 0 Å². The van der Waals surface area contributed by atoms with Crippen molar-refractivity contribution < 1.29 is 14.3 Å². The Balaban J connectivity index is 2.37. The van der Waals surface area contributed by atoms with Gasteiger partial charge in [-0.3, -0.25) is 9.79 Å². The summed E-state index contributed by atoms with van der Waals surface area (Å²) in [5, 5.41) is 0. The summed E-state index contributed by atoms with van der Waals surface area (Å²) < 4.78 is 10.3. The summed E-state index contributed by atoms with van der Waals surface area (Å²) in [7, 11) is 1.40. The Bertz CT molecular complexity index is 455. The van der Waals surface area contributed by atoms with Crippen molar-refractivity contribution in [2.24, 2.45) is 10.4 Å². The summed E-state index contributed by atoms with van der Waals surface area (Å²) in [6, 6.07) is 9.58. The van der Waals surface area contributed by atoms with Gasteiger partial charge in [-0.1, -0.05) is 25.1 Å². The fourth-order valence-corrected chi connectivity index (χ4v) is 2.16. The van der Waals surface area contributed by atoms with Gasteiger partial charge in [0.25, 0.3) is 0 Å². The van der Waals surface area contributed by atoms with E-state index in [-0.39, 0.29) is 5.97 Å². The Morgan fingerprint density at radius 2 is 2.17 bits per heavy atom. The normalized spacial score (nSPS) is 25.3. The van der Waals surface area contributed by atoms with Crippen LogP contribution < -0.4 is 0 Å². The predicted octanol–water partition coefficient (Wildman–Crippen LogP) is 2.36. The van der Waals surface area contributed by atoms with E-state index in [2.05, 4.69) is 4.99 Å². The molecule has 18 heavy (non-hydrogen) atoms. The third kappa shape index (κ3) is 2.16. The number of hydrogen-bond acceptors (Lipinski definition) is 4. The Kier molecular flexibility index (Phi) is 3.77. The van der Waals surface area contributed by atoms with Crippen LogP contribution in [0.5, 0.6) is 0 Å². The summed E-state index contributed by atoms with van der Waals surface area (Å²) >= 11 is 0. The summed E-state index contributed by atoms with van der Waals surface area (Å²) in [5.74, 6) is -0.266.